The lowest BCUT2D eigenvalue weighted by molar-refractivity contribution is -0.122. The minimum atomic E-state index is -3.72. The SMILES string of the molecule is C[C@@H]1CCCC[C@H]1NC(=O)CCS(=O)(=O)c1ccc2c(c1)n(C)c(=O)c(=O)n2C. The molecule has 29 heavy (non-hydrogen) atoms. The molecule has 8 nitrogen and oxygen atoms in total. The van der Waals surface area contributed by atoms with E-state index in [0.717, 1.165) is 30.3 Å². The first-order chi connectivity index (χ1) is 13.6. The van der Waals surface area contributed by atoms with Gasteiger partial charge in [-0.1, -0.05) is 19.8 Å². The monoisotopic (exact) mass is 421 g/mol. The van der Waals surface area contributed by atoms with Crippen LogP contribution in [0.5, 0.6) is 0 Å². The Morgan fingerprint density at radius 3 is 2.34 bits per heavy atom. The standard InChI is InChI=1S/C20H27N3O5S/c1-13-6-4-5-7-15(13)21-18(24)10-11-29(27,28)14-8-9-16-17(12-14)23(3)20(26)19(25)22(16)2/h8-9,12-13,15H,4-7,10-11H2,1-3H3,(H,21,24)/t13-,15-/m1/s1. The lowest BCUT2D eigenvalue weighted by Crippen LogP contribution is -2.41. The Labute approximate surface area is 169 Å². The van der Waals surface area contributed by atoms with E-state index < -0.39 is 21.0 Å². The van der Waals surface area contributed by atoms with Gasteiger partial charge in [0.2, 0.25) is 5.91 Å². The van der Waals surface area contributed by atoms with Crippen molar-refractivity contribution in [1.29, 1.82) is 0 Å². The fourth-order valence-electron chi connectivity index (χ4n) is 3.91. The first-order valence-electron chi connectivity index (χ1n) is 9.83. The average Bonchev–Trinajstić information content (AvgIpc) is 2.70. The van der Waals surface area contributed by atoms with Gasteiger partial charge >= 0.3 is 11.1 Å². The number of nitrogens with zero attached hydrogens (tertiary/aromatic N) is 2. The molecule has 1 heterocycles. The van der Waals surface area contributed by atoms with Crippen LogP contribution in [0.1, 0.15) is 39.0 Å². The molecule has 0 aliphatic heterocycles. The van der Waals surface area contributed by atoms with Gasteiger partial charge in [-0.05, 0) is 37.0 Å². The van der Waals surface area contributed by atoms with Crippen molar-refractivity contribution in [2.45, 2.75) is 50.0 Å². The van der Waals surface area contributed by atoms with Gasteiger partial charge in [0.1, 0.15) is 0 Å². The maximum absolute atomic E-state index is 12.7. The summed E-state index contributed by atoms with van der Waals surface area (Å²) in [5, 5.41) is 2.97. The summed E-state index contributed by atoms with van der Waals surface area (Å²) in [6, 6.07) is 4.40. The van der Waals surface area contributed by atoms with Gasteiger partial charge in [-0.15, -0.1) is 0 Å². The molecular weight excluding hydrogens is 394 g/mol. The van der Waals surface area contributed by atoms with Crippen LogP contribution in [0.2, 0.25) is 0 Å². The van der Waals surface area contributed by atoms with Crippen LogP contribution >= 0.6 is 0 Å². The zero-order valence-corrected chi connectivity index (χ0v) is 17.8. The summed E-state index contributed by atoms with van der Waals surface area (Å²) in [6.45, 7) is 2.10. The summed E-state index contributed by atoms with van der Waals surface area (Å²) < 4.78 is 27.8. The van der Waals surface area contributed by atoms with Crippen LogP contribution in [0, 0.1) is 5.92 Å². The Morgan fingerprint density at radius 1 is 1.07 bits per heavy atom. The molecule has 0 radical (unpaired) electrons. The minimum Gasteiger partial charge on any atom is -0.353 e. The highest BCUT2D eigenvalue weighted by Crippen LogP contribution is 2.24. The molecule has 3 rings (SSSR count). The molecule has 1 aliphatic carbocycles. The summed E-state index contributed by atoms with van der Waals surface area (Å²) in [6.07, 6.45) is 4.12. The predicted molar refractivity (Wildman–Crippen MR) is 111 cm³/mol. The smallest absolute Gasteiger partial charge is 0.316 e. The van der Waals surface area contributed by atoms with Crippen LogP contribution in [-0.4, -0.2) is 35.3 Å². The van der Waals surface area contributed by atoms with Crippen molar-refractivity contribution in [2.75, 3.05) is 5.75 Å². The highest BCUT2D eigenvalue weighted by atomic mass is 32.2. The third-order valence-electron chi connectivity index (χ3n) is 5.88. The fourth-order valence-corrected chi connectivity index (χ4v) is 5.17. The van der Waals surface area contributed by atoms with Crippen LogP contribution in [0.25, 0.3) is 11.0 Å². The lowest BCUT2D eigenvalue weighted by atomic mass is 9.86. The van der Waals surface area contributed by atoms with E-state index in [2.05, 4.69) is 12.2 Å². The molecule has 9 heteroatoms. The van der Waals surface area contributed by atoms with Gasteiger partial charge in [-0.2, -0.15) is 0 Å². The quantitative estimate of drug-likeness (QED) is 0.728. The molecule has 158 valence electrons. The zero-order valence-electron chi connectivity index (χ0n) is 17.0. The number of sulfone groups is 1. The van der Waals surface area contributed by atoms with Gasteiger partial charge < -0.3 is 14.5 Å². The van der Waals surface area contributed by atoms with Crippen molar-refractivity contribution in [3.05, 3.63) is 38.9 Å². The van der Waals surface area contributed by atoms with Crippen molar-refractivity contribution in [3.8, 4) is 0 Å². The molecule has 0 spiro atoms. The van der Waals surface area contributed by atoms with Crippen molar-refractivity contribution in [1.82, 2.24) is 14.5 Å². The molecule has 0 unspecified atom stereocenters. The lowest BCUT2D eigenvalue weighted by Gasteiger charge is -2.29. The van der Waals surface area contributed by atoms with E-state index in [-0.39, 0.29) is 29.0 Å². The normalized spacial score (nSPS) is 20.0. The number of aromatic nitrogens is 2. The average molecular weight is 422 g/mol. The van der Waals surface area contributed by atoms with Crippen molar-refractivity contribution in [2.24, 2.45) is 20.0 Å². The van der Waals surface area contributed by atoms with Gasteiger partial charge in [0.25, 0.3) is 0 Å². The van der Waals surface area contributed by atoms with E-state index in [4.69, 9.17) is 0 Å². The van der Waals surface area contributed by atoms with E-state index in [0.29, 0.717) is 17.0 Å². The van der Waals surface area contributed by atoms with Gasteiger partial charge in [0.05, 0.1) is 21.7 Å². The van der Waals surface area contributed by atoms with E-state index in [1.807, 2.05) is 0 Å². The van der Waals surface area contributed by atoms with Crippen LogP contribution < -0.4 is 16.4 Å². The first-order valence-corrected chi connectivity index (χ1v) is 11.5. The number of rotatable bonds is 5. The molecule has 0 bridgehead atoms. The predicted octanol–water partition coefficient (Wildman–Crippen LogP) is 1.10. The minimum absolute atomic E-state index is 0.0254. The Morgan fingerprint density at radius 2 is 1.69 bits per heavy atom. The first kappa shape index (κ1) is 21.3. The number of amides is 1. The largest absolute Gasteiger partial charge is 0.353 e. The Bertz CT molecular complexity index is 1160. The van der Waals surface area contributed by atoms with E-state index >= 15 is 0 Å². The molecule has 1 N–H and O–H groups in total. The topological polar surface area (TPSA) is 107 Å². The van der Waals surface area contributed by atoms with E-state index in [1.54, 1.807) is 0 Å². The second-order valence-electron chi connectivity index (χ2n) is 7.88. The number of carbonyl (C=O) groups excluding carboxylic acids is 1. The number of hydrogen-bond acceptors (Lipinski definition) is 5. The second-order valence-corrected chi connectivity index (χ2v) is 9.99. The van der Waals surface area contributed by atoms with Crippen molar-refractivity contribution in [3.63, 3.8) is 0 Å². The Kier molecular flexibility index (Phi) is 5.97. The number of fused-ring (bicyclic) bond motifs is 1. The molecule has 1 saturated carbocycles. The van der Waals surface area contributed by atoms with Gasteiger partial charge in [0.15, 0.2) is 9.84 Å². The maximum atomic E-state index is 12.7. The zero-order chi connectivity index (χ0) is 21.3. The van der Waals surface area contributed by atoms with Gasteiger partial charge in [-0.3, -0.25) is 14.4 Å². The molecule has 1 amide bonds. The molecule has 2 atom stereocenters. The van der Waals surface area contributed by atoms with E-state index in [9.17, 15) is 22.8 Å². The van der Waals surface area contributed by atoms with Gasteiger partial charge in [-0.25, -0.2) is 8.42 Å². The Balaban J connectivity index is 1.79. The second kappa shape index (κ2) is 8.14. The molecule has 1 aliphatic rings. The third-order valence-corrected chi connectivity index (χ3v) is 7.59. The molecule has 2 aromatic rings. The number of carbonyl (C=O) groups is 1. The number of benzene rings is 1. The highest BCUT2D eigenvalue weighted by Gasteiger charge is 2.24. The van der Waals surface area contributed by atoms with Crippen LogP contribution in [0.3, 0.4) is 0 Å². The molecule has 1 fully saturated rings. The molecule has 1 aromatic carbocycles. The highest BCUT2D eigenvalue weighted by molar-refractivity contribution is 7.91. The molecular formula is C20H27N3O5S. The summed E-state index contributed by atoms with van der Waals surface area (Å²) >= 11 is 0. The van der Waals surface area contributed by atoms with Crippen LogP contribution in [0.15, 0.2) is 32.7 Å². The molecule has 0 saturated heterocycles. The summed E-state index contributed by atoms with van der Waals surface area (Å²) in [5.74, 6) is -0.175. The number of nitrogens with one attached hydrogen (secondary N) is 1. The summed E-state index contributed by atoms with van der Waals surface area (Å²) in [5.41, 5.74) is -0.599. The van der Waals surface area contributed by atoms with Crippen LogP contribution in [-0.2, 0) is 28.7 Å². The summed E-state index contributed by atoms with van der Waals surface area (Å²) in [7, 11) is -0.816. The number of hydrogen-bond donors (Lipinski definition) is 1. The molecule has 1 aromatic heterocycles. The third kappa shape index (κ3) is 4.29. The Hall–Kier alpha value is -2.42. The van der Waals surface area contributed by atoms with Gasteiger partial charge in [0, 0.05) is 26.6 Å². The van der Waals surface area contributed by atoms with Crippen LogP contribution in [0.4, 0.5) is 0 Å². The summed E-state index contributed by atoms with van der Waals surface area (Å²) in [4.78, 5) is 36.2. The number of aryl methyl sites for hydroxylation is 2. The fraction of sp³-hybridized carbons (Fsp3) is 0.550. The van der Waals surface area contributed by atoms with Crippen molar-refractivity contribution >= 4 is 26.8 Å². The maximum Gasteiger partial charge on any atom is 0.316 e. The van der Waals surface area contributed by atoms with E-state index in [1.165, 1.54) is 36.9 Å². The van der Waals surface area contributed by atoms with Crippen molar-refractivity contribution < 1.29 is 13.2 Å².